The minimum Gasteiger partial charge on any atom is -0.378 e. The lowest BCUT2D eigenvalue weighted by Crippen LogP contribution is -2.48. The van der Waals surface area contributed by atoms with Crippen LogP contribution in [0.3, 0.4) is 0 Å². The summed E-state index contributed by atoms with van der Waals surface area (Å²) in [5, 5.41) is 0. The van der Waals surface area contributed by atoms with E-state index in [2.05, 4.69) is 69.0 Å². The molecule has 1 aliphatic carbocycles. The Kier molecular flexibility index (Phi) is 7.31. The van der Waals surface area contributed by atoms with Gasteiger partial charge < -0.3 is 9.30 Å². The fourth-order valence-electron chi connectivity index (χ4n) is 5.22. The Morgan fingerprint density at radius 3 is 1.97 bits per heavy atom. The molecule has 1 saturated heterocycles. The first-order chi connectivity index (χ1) is 16.3. The minimum absolute atomic E-state index is 0.00741. The molecule has 0 atom stereocenters. The van der Waals surface area contributed by atoms with Gasteiger partial charge in [-0.3, -0.25) is 0 Å². The van der Waals surface area contributed by atoms with Crippen molar-refractivity contribution in [2.24, 2.45) is 5.92 Å². The highest BCUT2D eigenvalue weighted by molar-refractivity contribution is 7.89. The van der Waals surface area contributed by atoms with Crippen LogP contribution in [0.25, 0.3) is 11.3 Å². The monoisotopic (exact) mass is 500 g/mol. The van der Waals surface area contributed by atoms with Crippen molar-refractivity contribution in [1.29, 1.82) is 0 Å². The summed E-state index contributed by atoms with van der Waals surface area (Å²) < 4.78 is 37.2. The maximum Gasteiger partial charge on any atom is 0.242 e. The molecule has 4 rings (SSSR count). The van der Waals surface area contributed by atoms with Crippen LogP contribution in [0.1, 0.15) is 90.5 Å². The van der Waals surface area contributed by atoms with E-state index in [-0.39, 0.29) is 16.9 Å². The summed E-state index contributed by atoms with van der Waals surface area (Å²) in [6, 6.07) is 8.63. The molecular weight excluding hydrogens is 456 g/mol. The molecule has 5 nitrogen and oxygen atoms in total. The van der Waals surface area contributed by atoms with E-state index in [0.29, 0.717) is 24.0 Å². The summed E-state index contributed by atoms with van der Waals surface area (Å²) in [5.74, 6) is 0.588. The molecule has 2 aromatic rings. The molecule has 0 spiro atoms. The average molecular weight is 501 g/mol. The van der Waals surface area contributed by atoms with Crippen molar-refractivity contribution in [1.82, 2.24) is 9.29 Å². The van der Waals surface area contributed by atoms with Gasteiger partial charge in [-0.25, -0.2) is 13.1 Å². The lowest BCUT2D eigenvalue weighted by atomic mass is 9.79. The van der Waals surface area contributed by atoms with Crippen LogP contribution in [0.4, 0.5) is 0 Å². The second-order valence-electron chi connectivity index (χ2n) is 12.7. The molecule has 0 radical (unpaired) electrons. The van der Waals surface area contributed by atoms with E-state index in [1.807, 2.05) is 13.0 Å². The molecule has 1 aromatic heterocycles. The number of nitrogens with zero attached hydrogens (tertiary/aromatic N) is 1. The van der Waals surface area contributed by atoms with Crippen molar-refractivity contribution in [3.05, 3.63) is 41.1 Å². The van der Waals surface area contributed by atoms with Crippen molar-refractivity contribution < 1.29 is 13.2 Å². The molecule has 1 aliphatic heterocycles. The van der Waals surface area contributed by atoms with Crippen LogP contribution in [0.2, 0.25) is 0 Å². The predicted octanol–water partition coefficient (Wildman–Crippen LogP) is 6.32. The maximum absolute atomic E-state index is 13.4. The number of rotatable bonds is 6. The molecule has 2 aliphatic rings. The zero-order valence-corrected chi connectivity index (χ0v) is 23.5. The van der Waals surface area contributed by atoms with Crippen LogP contribution < -0.4 is 4.72 Å². The summed E-state index contributed by atoms with van der Waals surface area (Å²) >= 11 is 0. The van der Waals surface area contributed by atoms with E-state index in [9.17, 15) is 8.42 Å². The average Bonchev–Trinajstić information content (AvgIpc) is 3.07. The molecule has 0 amide bonds. The molecule has 0 unspecified atom stereocenters. The Balaban J connectivity index is 1.86. The largest absolute Gasteiger partial charge is 0.378 e. The first kappa shape index (κ1) is 26.4. The molecule has 1 saturated carbocycles. The van der Waals surface area contributed by atoms with Crippen LogP contribution in [-0.2, 0) is 32.1 Å². The van der Waals surface area contributed by atoms with Crippen LogP contribution in [0, 0.1) is 12.8 Å². The van der Waals surface area contributed by atoms with Crippen LogP contribution in [0.15, 0.2) is 29.2 Å². The second-order valence-corrected chi connectivity index (χ2v) is 14.4. The molecule has 2 fully saturated rings. The SMILES string of the molecule is Cc1c(S(=O)(=O)NC2COC2)cc(-c2cc(C(C)(C)C)cc(C(C)(C)C)c2)n1CC1CCCCC1. The highest BCUT2D eigenvalue weighted by Crippen LogP contribution is 2.37. The van der Waals surface area contributed by atoms with E-state index in [1.54, 1.807) is 0 Å². The van der Waals surface area contributed by atoms with Gasteiger partial charge in [0.05, 0.1) is 19.3 Å². The van der Waals surface area contributed by atoms with Crippen LogP contribution >= 0.6 is 0 Å². The molecule has 1 aromatic carbocycles. The molecular formula is C29H44N2O3S. The highest BCUT2D eigenvalue weighted by atomic mass is 32.2. The molecule has 194 valence electrons. The predicted molar refractivity (Wildman–Crippen MR) is 144 cm³/mol. The highest BCUT2D eigenvalue weighted by Gasteiger charge is 2.31. The van der Waals surface area contributed by atoms with E-state index in [1.165, 1.54) is 43.2 Å². The third-order valence-electron chi connectivity index (χ3n) is 7.70. The fourth-order valence-corrected chi connectivity index (χ4v) is 6.69. The van der Waals surface area contributed by atoms with E-state index in [0.717, 1.165) is 23.5 Å². The third kappa shape index (κ3) is 5.86. The molecule has 1 N–H and O–H groups in total. The van der Waals surface area contributed by atoms with Crippen LogP contribution in [-0.4, -0.2) is 32.2 Å². The number of hydrogen-bond acceptors (Lipinski definition) is 3. The summed E-state index contributed by atoms with van der Waals surface area (Å²) in [7, 11) is -3.63. The van der Waals surface area contributed by atoms with E-state index < -0.39 is 10.0 Å². The minimum atomic E-state index is -3.63. The molecule has 2 heterocycles. The second kappa shape index (κ2) is 9.68. The summed E-state index contributed by atoms with van der Waals surface area (Å²) in [6.45, 7) is 17.2. The standard InChI is InChI=1S/C29H44N2O3S/c1-20-27(35(32,33)30-25-18-34-19-25)16-26(31(20)17-21-11-9-8-10-12-21)22-13-23(28(2,3)4)15-24(14-22)29(5,6)7/h13-16,21,25,30H,8-12,17-19H2,1-7H3. The number of nitrogens with one attached hydrogen (secondary N) is 1. The number of ether oxygens (including phenoxy) is 1. The first-order valence-corrected chi connectivity index (χ1v) is 14.7. The fraction of sp³-hybridized carbons (Fsp3) is 0.655. The smallest absolute Gasteiger partial charge is 0.242 e. The normalized spacial score (nSPS) is 18.6. The van der Waals surface area contributed by atoms with Gasteiger partial charge in [-0.05, 0) is 71.4 Å². The van der Waals surface area contributed by atoms with Gasteiger partial charge in [0.2, 0.25) is 10.0 Å². The van der Waals surface area contributed by atoms with Gasteiger partial charge in [-0.1, -0.05) is 66.9 Å². The Labute approximate surface area is 212 Å². The maximum atomic E-state index is 13.4. The van der Waals surface area contributed by atoms with Crippen LogP contribution in [0.5, 0.6) is 0 Å². The molecule has 6 heteroatoms. The first-order valence-electron chi connectivity index (χ1n) is 13.2. The number of aromatic nitrogens is 1. The van der Waals surface area contributed by atoms with Crippen molar-refractivity contribution in [2.45, 2.75) is 109 Å². The third-order valence-corrected chi connectivity index (χ3v) is 9.33. The van der Waals surface area contributed by atoms with Gasteiger partial charge in [-0.15, -0.1) is 0 Å². The summed E-state index contributed by atoms with van der Waals surface area (Å²) in [5.41, 5.74) is 5.48. The summed E-state index contributed by atoms with van der Waals surface area (Å²) in [4.78, 5) is 0.397. The zero-order valence-electron chi connectivity index (χ0n) is 22.7. The van der Waals surface area contributed by atoms with Crippen molar-refractivity contribution >= 4 is 10.0 Å². The number of sulfonamides is 1. The molecule has 0 bridgehead atoms. The Morgan fingerprint density at radius 1 is 0.914 bits per heavy atom. The van der Waals surface area contributed by atoms with Gasteiger partial charge in [-0.2, -0.15) is 0 Å². The zero-order chi connectivity index (χ0) is 25.6. The lowest BCUT2D eigenvalue weighted by molar-refractivity contribution is 0.00481. The number of benzene rings is 1. The lowest BCUT2D eigenvalue weighted by Gasteiger charge is -2.27. The van der Waals surface area contributed by atoms with E-state index >= 15 is 0 Å². The van der Waals surface area contributed by atoms with Crippen molar-refractivity contribution in [3.8, 4) is 11.3 Å². The van der Waals surface area contributed by atoms with Gasteiger partial charge >= 0.3 is 0 Å². The van der Waals surface area contributed by atoms with Gasteiger partial charge in [0, 0.05) is 17.9 Å². The number of hydrogen-bond donors (Lipinski definition) is 1. The molecule has 35 heavy (non-hydrogen) atoms. The Bertz CT molecular complexity index is 1120. The summed E-state index contributed by atoms with van der Waals surface area (Å²) in [6.07, 6.45) is 6.27. The van der Waals surface area contributed by atoms with Crippen molar-refractivity contribution in [2.75, 3.05) is 13.2 Å². The van der Waals surface area contributed by atoms with E-state index in [4.69, 9.17) is 4.74 Å². The van der Waals surface area contributed by atoms with Gasteiger partial charge in [0.1, 0.15) is 4.90 Å². The van der Waals surface area contributed by atoms with Gasteiger partial charge in [0.15, 0.2) is 0 Å². The Morgan fingerprint density at radius 2 is 1.49 bits per heavy atom. The quantitative estimate of drug-likeness (QED) is 0.505. The van der Waals surface area contributed by atoms with Gasteiger partial charge in [0.25, 0.3) is 0 Å². The topological polar surface area (TPSA) is 60.3 Å². The van der Waals surface area contributed by atoms with Crippen molar-refractivity contribution in [3.63, 3.8) is 0 Å². The Hall–Kier alpha value is -1.63.